The maximum atomic E-state index is 14.5. The number of thiazole rings is 1. The van der Waals surface area contributed by atoms with Crippen molar-refractivity contribution in [3.8, 4) is 11.5 Å². The third-order valence-corrected chi connectivity index (χ3v) is 5.37. The molecule has 31 heavy (non-hydrogen) atoms. The molecule has 2 aromatic carbocycles. The van der Waals surface area contributed by atoms with Gasteiger partial charge in [-0.25, -0.2) is 8.78 Å². The van der Waals surface area contributed by atoms with Gasteiger partial charge in [0.25, 0.3) is 5.91 Å². The van der Waals surface area contributed by atoms with E-state index in [1.54, 1.807) is 25.1 Å². The zero-order valence-corrected chi connectivity index (χ0v) is 17.9. The summed E-state index contributed by atoms with van der Waals surface area (Å²) in [7, 11) is 2.98. The zero-order valence-electron chi connectivity index (χ0n) is 17.1. The van der Waals surface area contributed by atoms with Crippen LogP contribution in [-0.2, 0) is 27.3 Å². The van der Waals surface area contributed by atoms with E-state index in [1.807, 2.05) is 0 Å². The molecule has 0 spiro atoms. The van der Waals surface area contributed by atoms with Gasteiger partial charge in [0.05, 0.1) is 37.5 Å². The first-order valence-corrected chi connectivity index (χ1v) is 10.1. The Bertz CT molecular complexity index is 1200. The van der Waals surface area contributed by atoms with E-state index < -0.39 is 23.5 Å². The number of amides is 1. The summed E-state index contributed by atoms with van der Waals surface area (Å²) in [4.78, 5) is 28.8. The number of carbonyl (C=O) groups is 2. The van der Waals surface area contributed by atoms with E-state index in [-0.39, 0.29) is 34.6 Å². The van der Waals surface area contributed by atoms with Crippen LogP contribution in [-0.4, -0.2) is 37.3 Å². The van der Waals surface area contributed by atoms with Crippen LogP contribution in [0.2, 0.25) is 0 Å². The minimum absolute atomic E-state index is 0.0203. The van der Waals surface area contributed by atoms with Crippen molar-refractivity contribution in [2.75, 3.05) is 20.8 Å². The van der Waals surface area contributed by atoms with Gasteiger partial charge in [0.1, 0.15) is 23.9 Å². The molecule has 0 N–H and O–H groups in total. The predicted molar refractivity (Wildman–Crippen MR) is 110 cm³/mol. The number of ether oxygens (including phenoxy) is 3. The zero-order chi connectivity index (χ0) is 22.5. The Labute approximate surface area is 180 Å². The van der Waals surface area contributed by atoms with Crippen molar-refractivity contribution in [2.24, 2.45) is 4.99 Å². The van der Waals surface area contributed by atoms with Gasteiger partial charge < -0.3 is 18.8 Å². The van der Waals surface area contributed by atoms with Gasteiger partial charge in [0, 0.05) is 17.7 Å². The van der Waals surface area contributed by atoms with Gasteiger partial charge in [0.15, 0.2) is 10.6 Å². The number of aromatic nitrogens is 1. The molecular weight excluding hydrogens is 430 g/mol. The Kier molecular flexibility index (Phi) is 7.01. The van der Waals surface area contributed by atoms with Crippen molar-refractivity contribution in [1.82, 2.24) is 4.57 Å². The van der Waals surface area contributed by atoms with Crippen LogP contribution in [0.15, 0.2) is 35.3 Å². The number of carbonyl (C=O) groups excluding carboxylic acids is 2. The molecule has 10 heteroatoms. The summed E-state index contributed by atoms with van der Waals surface area (Å²) in [5.41, 5.74) is 0.556. The molecule has 3 aromatic rings. The average molecular weight is 450 g/mol. The maximum absolute atomic E-state index is 14.5. The third kappa shape index (κ3) is 5.08. The SMILES string of the molecule is CCOC(=O)Cn1c(=NC(=O)Cc2ccc(OC)cc2OC)sc2cc(F)cc(F)c21. The van der Waals surface area contributed by atoms with Gasteiger partial charge in [-0.3, -0.25) is 9.59 Å². The Morgan fingerprint density at radius 3 is 2.58 bits per heavy atom. The molecule has 3 rings (SSSR count). The van der Waals surface area contributed by atoms with Gasteiger partial charge >= 0.3 is 5.97 Å². The van der Waals surface area contributed by atoms with Crippen molar-refractivity contribution in [3.05, 3.63) is 52.3 Å². The number of halogens is 2. The van der Waals surface area contributed by atoms with E-state index in [4.69, 9.17) is 14.2 Å². The topological polar surface area (TPSA) is 79.1 Å². The van der Waals surface area contributed by atoms with Crippen molar-refractivity contribution >= 4 is 33.4 Å². The fourth-order valence-electron chi connectivity index (χ4n) is 3.00. The van der Waals surface area contributed by atoms with E-state index in [0.29, 0.717) is 23.1 Å². The lowest BCUT2D eigenvalue weighted by atomic mass is 10.1. The lowest BCUT2D eigenvalue weighted by Gasteiger charge is -2.09. The highest BCUT2D eigenvalue weighted by atomic mass is 32.1. The van der Waals surface area contributed by atoms with E-state index in [0.717, 1.165) is 17.4 Å². The summed E-state index contributed by atoms with van der Waals surface area (Å²) in [5.74, 6) is -1.78. The Balaban J connectivity index is 2.03. The van der Waals surface area contributed by atoms with Gasteiger partial charge in [-0.2, -0.15) is 4.99 Å². The van der Waals surface area contributed by atoms with Crippen molar-refractivity contribution in [2.45, 2.75) is 19.9 Å². The van der Waals surface area contributed by atoms with Gasteiger partial charge in [0.2, 0.25) is 0 Å². The molecule has 7 nitrogen and oxygen atoms in total. The van der Waals surface area contributed by atoms with Gasteiger partial charge in [-0.15, -0.1) is 0 Å². The van der Waals surface area contributed by atoms with Crippen LogP contribution >= 0.6 is 11.3 Å². The molecule has 0 aliphatic rings. The van der Waals surface area contributed by atoms with Crippen molar-refractivity contribution in [1.29, 1.82) is 0 Å². The Hall–Kier alpha value is -3.27. The van der Waals surface area contributed by atoms with Crippen molar-refractivity contribution in [3.63, 3.8) is 0 Å². The molecule has 0 saturated heterocycles. The van der Waals surface area contributed by atoms with Gasteiger partial charge in [-0.1, -0.05) is 17.4 Å². The van der Waals surface area contributed by atoms with E-state index in [1.165, 1.54) is 18.8 Å². The maximum Gasteiger partial charge on any atom is 0.326 e. The first-order chi connectivity index (χ1) is 14.9. The molecule has 1 aromatic heterocycles. The summed E-state index contributed by atoms with van der Waals surface area (Å²) in [6.07, 6.45) is -0.0995. The number of esters is 1. The second-order valence-electron chi connectivity index (χ2n) is 6.37. The number of fused-ring (bicyclic) bond motifs is 1. The summed E-state index contributed by atoms with van der Waals surface area (Å²) < 4.78 is 44.9. The number of methoxy groups -OCH3 is 2. The largest absolute Gasteiger partial charge is 0.497 e. The van der Waals surface area contributed by atoms with Crippen LogP contribution in [0.3, 0.4) is 0 Å². The van der Waals surface area contributed by atoms with Crippen LogP contribution in [0.25, 0.3) is 10.2 Å². The minimum atomic E-state index is -0.860. The highest BCUT2D eigenvalue weighted by molar-refractivity contribution is 7.16. The number of hydrogen-bond donors (Lipinski definition) is 0. The van der Waals surface area contributed by atoms with Crippen LogP contribution in [0.4, 0.5) is 8.78 Å². The van der Waals surface area contributed by atoms with Gasteiger partial charge in [-0.05, 0) is 19.1 Å². The molecule has 0 fully saturated rings. The van der Waals surface area contributed by atoms with Crippen LogP contribution in [0.5, 0.6) is 11.5 Å². The highest BCUT2D eigenvalue weighted by Gasteiger charge is 2.17. The Morgan fingerprint density at radius 1 is 1.13 bits per heavy atom. The quantitative estimate of drug-likeness (QED) is 0.517. The first kappa shape index (κ1) is 22.4. The lowest BCUT2D eigenvalue weighted by Crippen LogP contribution is -2.23. The van der Waals surface area contributed by atoms with E-state index >= 15 is 0 Å². The molecule has 0 atom stereocenters. The number of benzene rings is 2. The second-order valence-corrected chi connectivity index (χ2v) is 7.38. The summed E-state index contributed by atoms with van der Waals surface area (Å²) in [6.45, 7) is 1.41. The number of hydrogen-bond acceptors (Lipinski definition) is 6. The standard InChI is InChI=1S/C21H20F2N2O5S/c1-4-30-19(27)11-25-20-15(23)8-13(22)9-17(20)31-21(25)24-18(26)7-12-5-6-14(28-2)10-16(12)29-3/h5-6,8-10H,4,7,11H2,1-3H3. The molecule has 1 heterocycles. The number of nitrogens with zero attached hydrogens (tertiary/aromatic N) is 2. The molecule has 0 saturated carbocycles. The lowest BCUT2D eigenvalue weighted by molar-refractivity contribution is -0.143. The summed E-state index contributed by atoms with van der Waals surface area (Å²) in [5, 5.41) is 0. The molecule has 0 aliphatic heterocycles. The molecule has 0 aliphatic carbocycles. The Morgan fingerprint density at radius 2 is 1.90 bits per heavy atom. The van der Waals surface area contributed by atoms with E-state index in [2.05, 4.69) is 4.99 Å². The first-order valence-electron chi connectivity index (χ1n) is 9.28. The fourth-order valence-corrected chi connectivity index (χ4v) is 4.09. The number of rotatable bonds is 7. The third-order valence-electron chi connectivity index (χ3n) is 4.34. The summed E-state index contributed by atoms with van der Waals surface area (Å²) >= 11 is 0.904. The predicted octanol–water partition coefficient (Wildman–Crippen LogP) is 3.23. The van der Waals surface area contributed by atoms with Crippen molar-refractivity contribution < 1.29 is 32.6 Å². The minimum Gasteiger partial charge on any atom is -0.497 e. The highest BCUT2D eigenvalue weighted by Crippen LogP contribution is 2.25. The molecule has 164 valence electrons. The monoisotopic (exact) mass is 450 g/mol. The van der Waals surface area contributed by atoms with Crippen LogP contribution in [0, 0.1) is 11.6 Å². The van der Waals surface area contributed by atoms with E-state index in [9.17, 15) is 18.4 Å². The molecule has 1 amide bonds. The molecule has 0 bridgehead atoms. The molecule has 0 unspecified atom stereocenters. The van der Waals surface area contributed by atoms with Crippen LogP contribution in [0.1, 0.15) is 12.5 Å². The van der Waals surface area contributed by atoms with Crippen LogP contribution < -0.4 is 14.3 Å². The second kappa shape index (κ2) is 9.69. The summed E-state index contributed by atoms with van der Waals surface area (Å²) in [6, 6.07) is 6.84. The average Bonchev–Trinajstić information content (AvgIpc) is 3.04. The smallest absolute Gasteiger partial charge is 0.326 e. The normalized spacial score (nSPS) is 11.6. The molecular formula is C21H20F2N2O5S. The fraction of sp³-hybridized carbons (Fsp3) is 0.286. The molecule has 0 radical (unpaired) electrons.